The maximum Gasteiger partial charge on any atom is 0.191 e. The van der Waals surface area contributed by atoms with Gasteiger partial charge in [0.2, 0.25) is 0 Å². The highest BCUT2D eigenvalue weighted by Crippen LogP contribution is 2.24. The van der Waals surface area contributed by atoms with E-state index in [1.807, 2.05) is 12.1 Å². The molecule has 2 aromatic carbocycles. The van der Waals surface area contributed by atoms with E-state index in [2.05, 4.69) is 78.5 Å². The predicted octanol–water partition coefficient (Wildman–Crippen LogP) is 5.26. The third-order valence-corrected chi connectivity index (χ3v) is 5.28. The molecule has 0 amide bonds. The lowest BCUT2D eigenvalue weighted by Crippen LogP contribution is -2.08. The first-order chi connectivity index (χ1) is 13.1. The Hall–Kier alpha value is -2.53. The van der Waals surface area contributed by atoms with Gasteiger partial charge in [0, 0.05) is 12.3 Å². The molecule has 3 aromatic rings. The van der Waals surface area contributed by atoms with Crippen LogP contribution < -0.4 is 4.74 Å². The van der Waals surface area contributed by atoms with Gasteiger partial charge in [0.25, 0.3) is 0 Å². The molecule has 0 bridgehead atoms. The summed E-state index contributed by atoms with van der Waals surface area (Å²) in [6.07, 6.45) is 1.86. The number of rotatable bonds is 8. The molecular weight excluding hydrogens is 354 g/mol. The average Bonchev–Trinajstić information content (AvgIpc) is 3.01. The number of hydrogen-bond acceptors (Lipinski definition) is 4. The van der Waals surface area contributed by atoms with Crippen LogP contribution in [0.5, 0.6) is 5.75 Å². The van der Waals surface area contributed by atoms with Gasteiger partial charge in [-0.3, -0.25) is 4.57 Å². The quantitative estimate of drug-likeness (QED) is 0.395. The van der Waals surface area contributed by atoms with Gasteiger partial charge in [-0.1, -0.05) is 65.4 Å². The van der Waals surface area contributed by atoms with E-state index in [1.165, 1.54) is 16.7 Å². The number of nitrogens with zero attached hydrogens (tertiary/aromatic N) is 3. The largest absolute Gasteiger partial charge is 0.485 e. The van der Waals surface area contributed by atoms with E-state index in [0.29, 0.717) is 13.2 Å². The molecule has 1 aromatic heterocycles. The SMILES string of the molecule is C=CCn1c(COc2ccc(C)cc2C)nnc1SCc1cccc(C)c1. The van der Waals surface area contributed by atoms with Crippen molar-refractivity contribution in [2.45, 2.75) is 44.8 Å². The smallest absolute Gasteiger partial charge is 0.191 e. The summed E-state index contributed by atoms with van der Waals surface area (Å²) in [5.41, 5.74) is 4.90. The first kappa shape index (κ1) is 19.2. The van der Waals surface area contributed by atoms with Crippen LogP contribution in [0, 0.1) is 20.8 Å². The summed E-state index contributed by atoms with van der Waals surface area (Å²) < 4.78 is 8.06. The standard InChI is InChI=1S/C22H25N3OS/c1-5-11-25-21(14-26-20-10-9-17(3)12-18(20)4)23-24-22(25)27-15-19-8-6-7-16(2)13-19/h5-10,12-13H,1,11,14-15H2,2-4H3. The molecule has 0 saturated carbocycles. The summed E-state index contributed by atoms with van der Waals surface area (Å²) in [6, 6.07) is 14.7. The molecule has 0 radical (unpaired) electrons. The lowest BCUT2D eigenvalue weighted by molar-refractivity contribution is 0.287. The molecule has 0 aliphatic heterocycles. The Kier molecular flexibility index (Phi) is 6.35. The highest BCUT2D eigenvalue weighted by Gasteiger charge is 2.13. The molecule has 1 heterocycles. The van der Waals surface area contributed by atoms with E-state index < -0.39 is 0 Å². The van der Waals surface area contributed by atoms with Gasteiger partial charge in [-0.25, -0.2) is 0 Å². The summed E-state index contributed by atoms with van der Waals surface area (Å²) in [5.74, 6) is 2.54. The molecule has 0 N–H and O–H groups in total. The minimum absolute atomic E-state index is 0.385. The van der Waals surface area contributed by atoms with Crippen LogP contribution in [0.2, 0.25) is 0 Å². The van der Waals surface area contributed by atoms with Gasteiger partial charge >= 0.3 is 0 Å². The van der Waals surface area contributed by atoms with E-state index in [0.717, 1.165) is 28.0 Å². The molecule has 0 spiro atoms. The molecule has 0 unspecified atom stereocenters. The van der Waals surface area contributed by atoms with Gasteiger partial charge in [-0.2, -0.15) is 0 Å². The first-order valence-corrected chi connectivity index (χ1v) is 9.96. The van der Waals surface area contributed by atoms with Crippen molar-refractivity contribution in [2.24, 2.45) is 0 Å². The Bertz CT molecular complexity index is 933. The van der Waals surface area contributed by atoms with Crippen molar-refractivity contribution in [1.82, 2.24) is 14.8 Å². The third kappa shape index (κ3) is 5.01. The second-order valence-electron chi connectivity index (χ2n) is 6.63. The molecule has 3 rings (SSSR count). The maximum atomic E-state index is 5.99. The average molecular weight is 380 g/mol. The van der Waals surface area contributed by atoms with Crippen LogP contribution in [0.4, 0.5) is 0 Å². The van der Waals surface area contributed by atoms with Gasteiger partial charge < -0.3 is 4.74 Å². The molecule has 27 heavy (non-hydrogen) atoms. The first-order valence-electron chi connectivity index (χ1n) is 8.98. The number of hydrogen-bond donors (Lipinski definition) is 0. The van der Waals surface area contributed by atoms with E-state index in [9.17, 15) is 0 Å². The molecule has 0 atom stereocenters. The Morgan fingerprint density at radius 2 is 1.89 bits per heavy atom. The van der Waals surface area contributed by atoms with Crippen LogP contribution in [0.25, 0.3) is 0 Å². The molecule has 5 heteroatoms. The Morgan fingerprint density at radius 3 is 2.63 bits per heavy atom. The van der Waals surface area contributed by atoms with Gasteiger partial charge in [0.15, 0.2) is 11.0 Å². The Balaban J connectivity index is 1.71. The molecular formula is C22H25N3OS. The van der Waals surface area contributed by atoms with Gasteiger partial charge in [0.1, 0.15) is 12.4 Å². The van der Waals surface area contributed by atoms with Crippen LogP contribution in [0.15, 0.2) is 60.3 Å². The highest BCUT2D eigenvalue weighted by atomic mass is 32.2. The van der Waals surface area contributed by atoms with Gasteiger partial charge in [0.05, 0.1) is 0 Å². The Labute approximate surface area is 165 Å². The minimum atomic E-state index is 0.385. The Morgan fingerprint density at radius 1 is 1.07 bits per heavy atom. The van der Waals surface area contributed by atoms with Crippen molar-refractivity contribution < 1.29 is 4.74 Å². The molecule has 4 nitrogen and oxygen atoms in total. The number of aromatic nitrogens is 3. The van der Waals surface area contributed by atoms with Crippen molar-refractivity contribution in [3.8, 4) is 5.75 Å². The lowest BCUT2D eigenvalue weighted by Gasteiger charge is -2.11. The van der Waals surface area contributed by atoms with E-state index in [-0.39, 0.29) is 0 Å². The summed E-state index contributed by atoms with van der Waals surface area (Å²) in [5, 5.41) is 9.60. The van der Waals surface area contributed by atoms with Gasteiger partial charge in [-0.15, -0.1) is 16.8 Å². The highest BCUT2D eigenvalue weighted by molar-refractivity contribution is 7.98. The second kappa shape index (κ2) is 8.91. The zero-order chi connectivity index (χ0) is 19.2. The summed E-state index contributed by atoms with van der Waals surface area (Å²) in [7, 11) is 0. The van der Waals surface area contributed by atoms with E-state index in [4.69, 9.17) is 4.74 Å². The normalized spacial score (nSPS) is 10.8. The molecule has 0 saturated heterocycles. The minimum Gasteiger partial charge on any atom is -0.485 e. The summed E-state index contributed by atoms with van der Waals surface area (Å²) >= 11 is 1.68. The van der Waals surface area contributed by atoms with Crippen LogP contribution in [-0.4, -0.2) is 14.8 Å². The number of aryl methyl sites for hydroxylation is 3. The van der Waals surface area contributed by atoms with Gasteiger partial charge in [-0.05, 0) is 38.0 Å². The van der Waals surface area contributed by atoms with Crippen molar-refractivity contribution in [1.29, 1.82) is 0 Å². The van der Waals surface area contributed by atoms with Crippen molar-refractivity contribution >= 4 is 11.8 Å². The predicted molar refractivity (Wildman–Crippen MR) is 111 cm³/mol. The third-order valence-electron chi connectivity index (χ3n) is 4.24. The zero-order valence-electron chi connectivity index (χ0n) is 16.1. The van der Waals surface area contributed by atoms with Crippen LogP contribution >= 0.6 is 11.8 Å². The monoisotopic (exact) mass is 379 g/mol. The lowest BCUT2D eigenvalue weighted by atomic mass is 10.1. The maximum absolute atomic E-state index is 5.99. The van der Waals surface area contributed by atoms with Crippen LogP contribution in [-0.2, 0) is 18.9 Å². The van der Waals surface area contributed by atoms with Crippen molar-refractivity contribution in [3.05, 3.63) is 83.2 Å². The number of ether oxygens (including phenoxy) is 1. The molecule has 140 valence electrons. The summed E-state index contributed by atoms with van der Waals surface area (Å²) in [6.45, 7) is 11.2. The second-order valence-corrected chi connectivity index (χ2v) is 7.58. The summed E-state index contributed by atoms with van der Waals surface area (Å²) in [4.78, 5) is 0. The number of allylic oxidation sites excluding steroid dienone is 1. The number of benzene rings is 2. The fourth-order valence-corrected chi connectivity index (χ4v) is 3.81. The van der Waals surface area contributed by atoms with Crippen molar-refractivity contribution in [2.75, 3.05) is 0 Å². The van der Waals surface area contributed by atoms with Crippen LogP contribution in [0.1, 0.15) is 28.1 Å². The fraction of sp³-hybridized carbons (Fsp3) is 0.273. The van der Waals surface area contributed by atoms with Crippen molar-refractivity contribution in [3.63, 3.8) is 0 Å². The molecule has 0 fully saturated rings. The van der Waals surface area contributed by atoms with Crippen LogP contribution in [0.3, 0.4) is 0 Å². The zero-order valence-corrected chi connectivity index (χ0v) is 16.9. The van der Waals surface area contributed by atoms with E-state index >= 15 is 0 Å². The fourth-order valence-electron chi connectivity index (χ4n) is 2.90. The molecule has 0 aliphatic carbocycles. The molecule has 0 aliphatic rings. The number of thioether (sulfide) groups is 1. The topological polar surface area (TPSA) is 39.9 Å². The van der Waals surface area contributed by atoms with E-state index in [1.54, 1.807) is 11.8 Å².